The predicted molar refractivity (Wildman–Crippen MR) is 74.6 cm³/mol. The van der Waals surface area contributed by atoms with Gasteiger partial charge in [0.15, 0.2) is 0 Å². The molecule has 2 N–H and O–H groups in total. The highest BCUT2D eigenvalue weighted by Crippen LogP contribution is 2.25. The number of halogens is 1. The number of para-hydroxylation sites is 1. The third kappa shape index (κ3) is 2.19. The van der Waals surface area contributed by atoms with Crippen LogP contribution in [0, 0.1) is 5.82 Å². The van der Waals surface area contributed by atoms with E-state index in [-0.39, 0.29) is 12.4 Å². The van der Waals surface area contributed by atoms with Crippen molar-refractivity contribution < 1.29 is 4.39 Å². The quantitative estimate of drug-likeness (QED) is 0.794. The Morgan fingerprint density at radius 2 is 1.90 bits per heavy atom. The van der Waals surface area contributed by atoms with Crippen molar-refractivity contribution in [3.8, 4) is 16.9 Å². The van der Waals surface area contributed by atoms with Gasteiger partial charge < -0.3 is 5.73 Å². The molecular weight excluding hydrogens is 255 g/mol. The molecule has 0 saturated heterocycles. The van der Waals surface area contributed by atoms with Gasteiger partial charge >= 0.3 is 0 Å². The molecular formula is C15H13FN4. The second kappa shape index (κ2) is 5.22. The first-order valence-electron chi connectivity index (χ1n) is 6.24. The van der Waals surface area contributed by atoms with E-state index in [1.165, 1.54) is 12.1 Å². The van der Waals surface area contributed by atoms with Crippen molar-refractivity contribution in [3.05, 3.63) is 66.1 Å². The Kier molecular flexibility index (Phi) is 3.26. The van der Waals surface area contributed by atoms with Gasteiger partial charge in [-0.1, -0.05) is 23.4 Å². The maximum Gasteiger partial charge on any atom is 0.123 e. The lowest BCUT2D eigenvalue weighted by Gasteiger charge is -2.10. The molecule has 0 amide bonds. The number of nitrogens with zero attached hydrogens (tertiary/aromatic N) is 3. The lowest BCUT2D eigenvalue weighted by atomic mass is 10.0. The van der Waals surface area contributed by atoms with Gasteiger partial charge in [-0.25, -0.2) is 9.07 Å². The summed E-state index contributed by atoms with van der Waals surface area (Å²) in [5.41, 5.74) is 8.94. The average molecular weight is 268 g/mol. The summed E-state index contributed by atoms with van der Waals surface area (Å²) in [6, 6.07) is 14.2. The molecule has 20 heavy (non-hydrogen) atoms. The van der Waals surface area contributed by atoms with Crippen molar-refractivity contribution in [2.75, 3.05) is 0 Å². The van der Waals surface area contributed by atoms with Gasteiger partial charge in [0.25, 0.3) is 0 Å². The lowest BCUT2D eigenvalue weighted by Crippen LogP contribution is -2.04. The van der Waals surface area contributed by atoms with E-state index >= 15 is 0 Å². The highest BCUT2D eigenvalue weighted by molar-refractivity contribution is 5.65. The van der Waals surface area contributed by atoms with Crippen LogP contribution < -0.4 is 5.73 Å². The molecule has 0 saturated carbocycles. The SMILES string of the molecule is NCc1cc(F)ccc1-c1cnnn1-c1ccccc1. The summed E-state index contributed by atoms with van der Waals surface area (Å²) >= 11 is 0. The molecule has 1 heterocycles. The predicted octanol–water partition coefficient (Wildman–Crippen LogP) is 2.53. The molecule has 0 bridgehead atoms. The molecule has 0 aliphatic heterocycles. The van der Waals surface area contributed by atoms with Crippen LogP contribution in [0.2, 0.25) is 0 Å². The number of hydrogen-bond donors (Lipinski definition) is 1. The first-order valence-corrected chi connectivity index (χ1v) is 6.24. The Labute approximate surface area is 115 Å². The molecule has 5 heteroatoms. The van der Waals surface area contributed by atoms with Gasteiger partial charge in [-0.15, -0.1) is 5.10 Å². The van der Waals surface area contributed by atoms with Crippen LogP contribution in [0.3, 0.4) is 0 Å². The van der Waals surface area contributed by atoms with E-state index < -0.39 is 0 Å². The van der Waals surface area contributed by atoms with Crippen LogP contribution in [0.1, 0.15) is 5.56 Å². The van der Waals surface area contributed by atoms with Crippen molar-refractivity contribution in [3.63, 3.8) is 0 Å². The van der Waals surface area contributed by atoms with E-state index in [1.54, 1.807) is 16.9 Å². The fraction of sp³-hybridized carbons (Fsp3) is 0.0667. The Morgan fingerprint density at radius 3 is 2.65 bits per heavy atom. The lowest BCUT2D eigenvalue weighted by molar-refractivity contribution is 0.625. The second-order valence-corrected chi connectivity index (χ2v) is 4.37. The summed E-state index contributed by atoms with van der Waals surface area (Å²) in [4.78, 5) is 0. The molecule has 0 fully saturated rings. The van der Waals surface area contributed by atoms with Gasteiger partial charge in [-0.05, 0) is 35.9 Å². The molecule has 2 aromatic carbocycles. The van der Waals surface area contributed by atoms with Gasteiger partial charge in [0.2, 0.25) is 0 Å². The molecule has 3 rings (SSSR count). The van der Waals surface area contributed by atoms with E-state index in [0.29, 0.717) is 0 Å². The summed E-state index contributed by atoms with van der Waals surface area (Å²) in [6.45, 7) is 0.257. The van der Waals surface area contributed by atoms with E-state index in [4.69, 9.17) is 5.73 Å². The Balaban J connectivity index is 2.15. The van der Waals surface area contributed by atoms with Crippen LogP contribution >= 0.6 is 0 Å². The molecule has 0 unspecified atom stereocenters. The molecule has 4 nitrogen and oxygen atoms in total. The first kappa shape index (κ1) is 12.5. The van der Waals surface area contributed by atoms with E-state index in [2.05, 4.69) is 10.3 Å². The summed E-state index contributed by atoms with van der Waals surface area (Å²) in [5.74, 6) is -0.298. The molecule has 0 spiro atoms. The molecule has 3 aromatic rings. The van der Waals surface area contributed by atoms with Gasteiger partial charge in [0.1, 0.15) is 5.82 Å². The summed E-state index contributed by atoms with van der Waals surface area (Å²) in [7, 11) is 0. The Morgan fingerprint density at radius 1 is 1.10 bits per heavy atom. The third-order valence-electron chi connectivity index (χ3n) is 3.11. The molecule has 1 aromatic heterocycles. The molecule has 0 atom stereocenters. The minimum absolute atomic E-state index is 0.257. The van der Waals surface area contributed by atoms with Crippen molar-refractivity contribution in [2.24, 2.45) is 5.73 Å². The van der Waals surface area contributed by atoms with Crippen molar-refractivity contribution in [1.82, 2.24) is 15.0 Å². The van der Waals surface area contributed by atoms with Gasteiger partial charge in [-0.2, -0.15) is 0 Å². The van der Waals surface area contributed by atoms with Crippen molar-refractivity contribution in [1.29, 1.82) is 0 Å². The van der Waals surface area contributed by atoms with Crippen LogP contribution in [-0.2, 0) is 6.54 Å². The summed E-state index contributed by atoms with van der Waals surface area (Å²) < 4.78 is 15.0. The number of rotatable bonds is 3. The maximum absolute atomic E-state index is 13.3. The summed E-state index contributed by atoms with van der Waals surface area (Å²) in [6.07, 6.45) is 1.65. The smallest absolute Gasteiger partial charge is 0.123 e. The molecule has 0 radical (unpaired) electrons. The van der Waals surface area contributed by atoms with Crippen LogP contribution in [0.5, 0.6) is 0 Å². The van der Waals surface area contributed by atoms with Crippen LogP contribution in [-0.4, -0.2) is 15.0 Å². The maximum atomic E-state index is 13.3. The van der Waals surface area contributed by atoms with E-state index in [0.717, 1.165) is 22.5 Å². The second-order valence-electron chi connectivity index (χ2n) is 4.37. The van der Waals surface area contributed by atoms with E-state index in [1.807, 2.05) is 30.3 Å². The number of hydrogen-bond acceptors (Lipinski definition) is 3. The van der Waals surface area contributed by atoms with Gasteiger partial charge in [0, 0.05) is 12.1 Å². The molecule has 0 aliphatic rings. The fourth-order valence-electron chi connectivity index (χ4n) is 2.16. The Hall–Kier alpha value is -2.53. The summed E-state index contributed by atoms with van der Waals surface area (Å²) in [5, 5.41) is 8.04. The number of aromatic nitrogens is 3. The van der Waals surface area contributed by atoms with Crippen molar-refractivity contribution in [2.45, 2.75) is 6.54 Å². The number of nitrogens with two attached hydrogens (primary N) is 1. The standard InChI is InChI=1S/C15H13FN4/c16-12-6-7-14(11(8-12)9-17)15-10-18-19-20(15)13-4-2-1-3-5-13/h1-8,10H,9,17H2. The molecule has 0 aliphatic carbocycles. The zero-order valence-corrected chi connectivity index (χ0v) is 10.7. The van der Waals surface area contributed by atoms with Crippen LogP contribution in [0.4, 0.5) is 4.39 Å². The van der Waals surface area contributed by atoms with E-state index in [9.17, 15) is 4.39 Å². The zero-order valence-electron chi connectivity index (χ0n) is 10.7. The van der Waals surface area contributed by atoms with Crippen molar-refractivity contribution >= 4 is 0 Å². The van der Waals surface area contributed by atoms with Gasteiger partial charge in [-0.3, -0.25) is 0 Å². The monoisotopic (exact) mass is 268 g/mol. The first-order chi connectivity index (χ1) is 9.79. The highest BCUT2D eigenvalue weighted by Gasteiger charge is 2.12. The largest absolute Gasteiger partial charge is 0.326 e. The normalized spacial score (nSPS) is 10.7. The molecule has 100 valence electrons. The fourth-order valence-corrected chi connectivity index (χ4v) is 2.16. The van der Waals surface area contributed by atoms with Crippen LogP contribution in [0.15, 0.2) is 54.7 Å². The average Bonchev–Trinajstić information content (AvgIpc) is 2.97. The Bertz CT molecular complexity index is 722. The minimum Gasteiger partial charge on any atom is -0.326 e. The number of benzene rings is 2. The third-order valence-corrected chi connectivity index (χ3v) is 3.11. The minimum atomic E-state index is -0.298. The van der Waals surface area contributed by atoms with Crippen LogP contribution in [0.25, 0.3) is 16.9 Å². The van der Waals surface area contributed by atoms with Gasteiger partial charge in [0.05, 0.1) is 17.6 Å². The topological polar surface area (TPSA) is 56.7 Å². The zero-order chi connectivity index (χ0) is 13.9. The highest BCUT2D eigenvalue weighted by atomic mass is 19.1.